The van der Waals surface area contributed by atoms with Crippen LogP contribution < -0.4 is 5.73 Å². The maximum atomic E-state index is 6.22. The van der Waals surface area contributed by atoms with Crippen molar-refractivity contribution in [1.82, 2.24) is 4.90 Å². The molecule has 1 aromatic rings. The maximum absolute atomic E-state index is 6.22. The fourth-order valence-corrected chi connectivity index (χ4v) is 4.08. The summed E-state index contributed by atoms with van der Waals surface area (Å²) in [5, 5.41) is 2.19. The predicted molar refractivity (Wildman–Crippen MR) is 77.7 cm³/mol. The third-order valence-electron chi connectivity index (χ3n) is 4.77. The molecule has 0 spiro atoms. The first-order valence-electron chi connectivity index (χ1n) is 7.29. The lowest BCUT2D eigenvalue weighted by atomic mass is 9.87. The van der Waals surface area contributed by atoms with E-state index in [-0.39, 0.29) is 5.54 Å². The minimum Gasteiger partial charge on any atom is -0.329 e. The first kappa shape index (κ1) is 12.6. The minimum absolute atomic E-state index is 0.283. The molecule has 2 nitrogen and oxygen atoms in total. The van der Waals surface area contributed by atoms with Gasteiger partial charge in [-0.2, -0.15) is 0 Å². The van der Waals surface area contributed by atoms with Gasteiger partial charge in [-0.05, 0) is 49.5 Å². The number of thiophene rings is 1. The summed E-state index contributed by atoms with van der Waals surface area (Å²) in [6.07, 6.45) is 6.73. The van der Waals surface area contributed by atoms with Crippen LogP contribution in [0.1, 0.15) is 43.9 Å². The lowest BCUT2D eigenvalue weighted by Gasteiger charge is -2.44. The topological polar surface area (TPSA) is 29.3 Å². The fourth-order valence-electron chi connectivity index (χ4n) is 3.38. The quantitative estimate of drug-likeness (QED) is 0.819. The number of nitrogens with two attached hydrogens (primary N) is 1. The highest BCUT2D eigenvalue weighted by atomic mass is 32.1. The molecule has 3 heteroatoms. The van der Waals surface area contributed by atoms with Crippen molar-refractivity contribution in [1.29, 1.82) is 0 Å². The Hall–Kier alpha value is -0.380. The van der Waals surface area contributed by atoms with Crippen LogP contribution in [0.2, 0.25) is 0 Å². The standard InChI is InChI=1S/C15H24N2S/c1-2-15(11-16,12-5-6-12)17(13-7-8-13)10-14-4-3-9-18-14/h3-4,9,12-13H,2,5-8,10-11,16H2,1H3. The lowest BCUT2D eigenvalue weighted by Crippen LogP contribution is -2.55. The molecule has 0 radical (unpaired) electrons. The summed E-state index contributed by atoms with van der Waals surface area (Å²) >= 11 is 1.88. The van der Waals surface area contributed by atoms with Crippen molar-refractivity contribution in [3.63, 3.8) is 0 Å². The van der Waals surface area contributed by atoms with E-state index in [9.17, 15) is 0 Å². The summed E-state index contributed by atoms with van der Waals surface area (Å²) in [6, 6.07) is 5.23. The molecule has 1 unspecified atom stereocenters. The Kier molecular flexibility index (Phi) is 3.48. The molecular formula is C15H24N2S. The van der Waals surface area contributed by atoms with Crippen LogP contribution in [-0.2, 0) is 6.54 Å². The molecule has 0 saturated heterocycles. The summed E-state index contributed by atoms with van der Waals surface area (Å²) in [6.45, 7) is 4.27. The van der Waals surface area contributed by atoms with Gasteiger partial charge in [0, 0.05) is 29.5 Å². The van der Waals surface area contributed by atoms with Crippen LogP contribution in [-0.4, -0.2) is 23.0 Å². The van der Waals surface area contributed by atoms with Gasteiger partial charge in [0.1, 0.15) is 0 Å². The highest BCUT2D eigenvalue weighted by molar-refractivity contribution is 7.09. The molecule has 0 aromatic carbocycles. The Bertz CT molecular complexity index is 375. The zero-order valence-electron chi connectivity index (χ0n) is 11.3. The van der Waals surface area contributed by atoms with Gasteiger partial charge in [-0.15, -0.1) is 11.3 Å². The molecule has 3 rings (SSSR count). The van der Waals surface area contributed by atoms with Crippen molar-refractivity contribution in [3.05, 3.63) is 22.4 Å². The van der Waals surface area contributed by atoms with E-state index in [1.165, 1.54) is 37.0 Å². The molecule has 1 heterocycles. The van der Waals surface area contributed by atoms with Crippen LogP contribution in [0.25, 0.3) is 0 Å². The number of rotatable bonds is 7. The molecule has 2 saturated carbocycles. The van der Waals surface area contributed by atoms with E-state index in [4.69, 9.17) is 5.73 Å². The molecule has 0 bridgehead atoms. The molecular weight excluding hydrogens is 240 g/mol. The van der Waals surface area contributed by atoms with Crippen molar-refractivity contribution < 1.29 is 0 Å². The zero-order chi connectivity index (χ0) is 12.6. The van der Waals surface area contributed by atoms with E-state index >= 15 is 0 Å². The van der Waals surface area contributed by atoms with Crippen LogP contribution in [0.5, 0.6) is 0 Å². The summed E-state index contributed by atoms with van der Waals surface area (Å²) in [7, 11) is 0. The van der Waals surface area contributed by atoms with Crippen molar-refractivity contribution in [2.75, 3.05) is 6.54 Å². The van der Waals surface area contributed by atoms with Gasteiger partial charge >= 0.3 is 0 Å². The summed E-state index contributed by atoms with van der Waals surface area (Å²) in [5.74, 6) is 0.855. The lowest BCUT2D eigenvalue weighted by molar-refractivity contribution is 0.0526. The van der Waals surface area contributed by atoms with Gasteiger partial charge in [0.2, 0.25) is 0 Å². The van der Waals surface area contributed by atoms with Gasteiger partial charge in [-0.25, -0.2) is 0 Å². The SMILES string of the molecule is CCC(CN)(C1CC1)N(Cc1cccs1)C1CC1. The van der Waals surface area contributed by atoms with Gasteiger partial charge in [-0.1, -0.05) is 13.0 Å². The Morgan fingerprint density at radius 3 is 2.61 bits per heavy atom. The second kappa shape index (κ2) is 4.95. The van der Waals surface area contributed by atoms with Gasteiger partial charge in [-0.3, -0.25) is 4.90 Å². The Balaban J connectivity index is 1.82. The van der Waals surface area contributed by atoms with Crippen LogP contribution in [0, 0.1) is 5.92 Å². The molecule has 1 aromatic heterocycles. The van der Waals surface area contributed by atoms with Crippen LogP contribution in [0.4, 0.5) is 0 Å². The summed E-state index contributed by atoms with van der Waals surface area (Å²) in [5.41, 5.74) is 6.50. The molecule has 2 aliphatic rings. The van der Waals surface area contributed by atoms with Crippen molar-refractivity contribution >= 4 is 11.3 Å². The third-order valence-corrected chi connectivity index (χ3v) is 5.63. The van der Waals surface area contributed by atoms with E-state index in [1.807, 2.05) is 11.3 Å². The normalized spacial score (nSPS) is 23.3. The van der Waals surface area contributed by atoms with Crippen molar-refractivity contribution in [3.8, 4) is 0 Å². The third kappa shape index (κ3) is 2.24. The van der Waals surface area contributed by atoms with Gasteiger partial charge in [0.15, 0.2) is 0 Å². The van der Waals surface area contributed by atoms with Crippen LogP contribution in [0.3, 0.4) is 0 Å². The summed E-state index contributed by atoms with van der Waals surface area (Å²) in [4.78, 5) is 4.25. The average molecular weight is 264 g/mol. The smallest absolute Gasteiger partial charge is 0.0364 e. The summed E-state index contributed by atoms with van der Waals surface area (Å²) < 4.78 is 0. The van der Waals surface area contributed by atoms with Crippen molar-refractivity contribution in [2.45, 2.75) is 57.2 Å². The molecule has 0 aliphatic heterocycles. The predicted octanol–water partition coefficient (Wildman–Crippen LogP) is 3.23. The molecule has 2 N–H and O–H groups in total. The van der Waals surface area contributed by atoms with E-state index < -0.39 is 0 Å². The second-order valence-corrected chi connectivity index (χ2v) is 6.91. The van der Waals surface area contributed by atoms with E-state index in [2.05, 4.69) is 29.3 Å². The molecule has 100 valence electrons. The number of nitrogens with zero attached hydrogens (tertiary/aromatic N) is 1. The number of hydrogen-bond acceptors (Lipinski definition) is 3. The highest BCUT2D eigenvalue weighted by Crippen LogP contribution is 2.48. The number of hydrogen-bond donors (Lipinski definition) is 1. The largest absolute Gasteiger partial charge is 0.329 e. The van der Waals surface area contributed by atoms with E-state index in [1.54, 1.807) is 0 Å². The van der Waals surface area contributed by atoms with Crippen molar-refractivity contribution in [2.24, 2.45) is 11.7 Å². The minimum atomic E-state index is 0.283. The van der Waals surface area contributed by atoms with Crippen LogP contribution in [0.15, 0.2) is 17.5 Å². The van der Waals surface area contributed by atoms with Gasteiger partial charge in [0.25, 0.3) is 0 Å². The fraction of sp³-hybridized carbons (Fsp3) is 0.733. The molecule has 1 atom stereocenters. The van der Waals surface area contributed by atoms with Gasteiger partial charge in [0.05, 0.1) is 0 Å². The maximum Gasteiger partial charge on any atom is 0.0364 e. The average Bonchev–Trinajstić information content (AvgIpc) is 3.30. The van der Waals surface area contributed by atoms with E-state index in [0.29, 0.717) is 0 Å². The van der Waals surface area contributed by atoms with Gasteiger partial charge < -0.3 is 5.73 Å². The highest BCUT2D eigenvalue weighted by Gasteiger charge is 2.50. The Labute approximate surface area is 114 Å². The molecule has 2 aliphatic carbocycles. The molecule has 0 amide bonds. The first-order valence-corrected chi connectivity index (χ1v) is 8.17. The Morgan fingerprint density at radius 2 is 2.17 bits per heavy atom. The van der Waals surface area contributed by atoms with E-state index in [0.717, 1.165) is 25.0 Å². The zero-order valence-corrected chi connectivity index (χ0v) is 12.1. The Morgan fingerprint density at radius 1 is 1.39 bits per heavy atom. The molecule has 2 fully saturated rings. The monoisotopic (exact) mass is 264 g/mol. The van der Waals surface area contributed by atoms with Crippen LogP contribution >= 0.6 is 11.3 Å². The molecule has 18 heavy (non-hydrogen) atoms. The second-order valence-electron chi connectivity index (χ2n) is 5.87. The first-order chi connectivity index (χ1) is 8.80.